The van der Waals surface area contributed by atoms with Gasteiger partial charge in [0.1, 0.15) is 0 Å². The minimum absolute atomic E-state index is 0.0945. The first-order valence-corrected chi connectivity index (χ1v) is 5.69. The van der Waals surface area contributed by atoms with E-state index in [0.717, 1.165) is 18.5 Å². The molecule has 0 bridgehead atoms. The first-order chi connectivity index (χ1) is 7.79. The number of aliphatic hydroxyl groups is 1. The Morgan fingerprint density at radius 2 is 2.00 bits per heavy atom. The Balaban J connectivity index is 2.79. The van der Waals surface area contributed by atoms with E-state index in [0.29, 0.717) is 6.61 Å². The zero-order valence-corrected chi connectivity index (χ0v) is 10.1. The van der Waals surface area contributed by atoms with Crippen molar-refractivity contribution >= 4 is 0 Å². The molecule has 1 aromatic rings. The van der Waals surface area contributed by atoms with Crippen LogP contribution in [0.3, 0.4) is 0 Å². The van der Waals surface area contributed by atoms with Gasteiger partial charge in [0.2, 0.25) is 0 Å². The third-order valence-electron chi connectivity index (χ3n) is 2.97. The third kappa shape index (κ3) is 3.04. The van der Waals surface area contributed by atoms with Crippen LogP contribution in [0.25, 0.3) is 0 Å². The lowest BCUT2D eigenvalue weighted by molar-refractivity contribution is 0.134. The Morgan fingerprint density at radius 3 is 2.50 bits per heavy atom. The molecule has 0 aliphatic carbocycles. The van der Waals surface area contributed by atoms with Crippen molar-refractivity contribution in [3.05, 3.63) is 35.9 Å². The predicted molar refractivity (Wildman–Crippen MR) is 65.4 cm³/mol. The van der Waals surface area contributed by atoms with Crippen molar-refractivity contribution in [2.45, 2.75) is 18.9 Å². The summed E-state index contributed by atoms with van der Waals surface area (Å²) in [6.07, 6.45) is 0.844. The van der Waals surface area contributed by atoms with Gasteiger partial charge in [0.05, 0.1) is 18.8 Å². The lowest BCUT2D eigenvalue weighted by Gasteiger charge is -2.32. The van der Waals surface area contributed by atoms with Crippen molar-refractivity contribution in [2.75, 3.05) is 26.9 Å². The molecule has 0 unspecified atom stereocenters. The zero-order valence-electron chi connectivity index (χ0n) is 10.1. The summed E-state index contributed by atoms with van der Waals surface area (Å²) >= 11 is 0. The molecular weight excluding hydrogens is 202 g/mol. The molecule has 0 radical (unpaired) electrons. The molecule has 1 atom stereocenters. The van der Waals surface area contributed by atoms with E-state index < -0.39 is 0 Å². The number of aliphatic hydroxyl groups excluding tert-OH is 1. The quantitative estimate of drug-likeness (QED) is 0.689. The van der Waals surface area contributed by atoms with E-state index in [1.54, 1.807) is 7.11 Å². The van der Waals surface area contributed by atoms with Crippen LogP contribution in [0.2, 0.25) is 0 Å². The summed E-state index contributed by atoms with van der Waals surface area (Å²) in [6, 6.07) is 10.1. The molecule has 0 saturated carbocycles. The smallest absolute Gasteiger partial charge is 0.0667 e. The molecule has 2 N–H and O–H groups in total. The normalized spacial score (nSPS) is 14.7. The van der Waals surface area contributed by atoms with Gasteiger partial charge in [0.15, 0.2) is 0 Å². The molecule has 0 aliphatic rings. The van der Waals surface area contributed by atoms with Gasteiger partial charge in [0, 0.05) is 13.7 Å². The monoisotopic (exact) mass is 223 g/mol. The van der Waals surface area contributed by atoms with E-state index in [1.165, 1.54) is 0 Å². The Hall–Kier alpha value is -0.900. The first kappa shape index (κ1) is 13.2. The van der Waals surface area contributed by atoms with Crippen LogP contribution in [0, 0.1) is 0 Å². The number of hydrogen-bond acceptors (Lipinski definition) is 3. The van der Waals surface area contributed by atoms with E-state index in [4.69, 9.17) is 4.74 Å². The Labute approximate surface area is 97.4 Å². The van der Waals surface area contributed by atoms with E-state index in [9.17, 15) is 5.11 Å². The summed E-state index contributed by atoms with van der Waals surface area (Å²) in [7, 11) is 1.68. The molecule has 0 aromatic heterocycles. The number of benzene rings is 1. The molecule has 0 heterocycles. The second-order valence-electron chi connectivity index (χ2n) is 3.88. The molecule has 1 rings (SSSR count). The van der Waals surface area contributed by atoms with Crippen LogP contribution in [-0.4, -0.2) is 32.0 Å². The number of nitrogens with one attached hydrogen (secondary N) is 1. The maximum Gasteiger partial charge on any atom is 0.0667 e. The summed E-state index contributed by atoms with van der Waals surface area (Å²) in [5.41, 5.74) is 0.774. The standard InChI is InChI=1S/C13H21NO2/c1-3-13(11-15,14-9-10-16-2)12-7-5-4-6-8-12/h4-8,14-15H,3,9-11H2,1-2H3/t13-/m0/s1. The van der Waals surface area contributed by atoms with Gasteiger partial charge in [-0.05, 0) is 12.0 Å². The fourth-order valence-corrected chi connectivity index (χ4v) is 1.84. The van der Waals surface area contributed by atoms with Crippen molar-refractivity contribution in [1.29, 1.82) is 0 Å². The van der Waals surface area contributed by atoms with Gasteiger partial charge < -0.3 is 15.2 Å². The van der Waals surface area contributed by atoms with Gasteiger partial charge in [-0.2, -0.15) is 0 Å². The second-order valence-corrected chi connectivity index (χ2v) is 3.88. The number of methoxy groups -OCH3 is 1. The highest BCUT2D eigenvalue weighted by atomic mass is 16.5. The summed E-state index contributed by atoms with van der Waals surface area (Å²) in [5, 5.41) is 13.0. The molecule has 0 spiro atoms. The van der Waals surface area contributed by atoms with E-state index in [2.05, 4.69) is 12.2 Å². The minimum Gasteiger partial charge on any atom is -0.394 e. The van der Waals surface area contributed by atoms with Crippen LogP contribution in [0.4, 0.5) is 0 Å². The minimum atomic E-state index is -0.347. The summed E-state index contributed by atoms with van der Waals surface area (Å²) in [4.78, 5) is 0. The van der Waals surface area contributed by atoms with Crippen molar-refractivity contribution in [1.82, 2.24) is 5.32 Å². The zero-order chi connectivity index (χ0) is 11.9. The summed E-state index contributed by atoms with van der Waals surface area (Å²) in [5.74, 6) is 0. The van der Waals surface area contributed by atoms with Gasteiger partial charge in [-0.25, -0.2) is 0 Å². The topological polar surface area (TPSA) is 41.5 Å². The highest BCUT2D eigenvalue weighted by molar-refractivity contribution is 5.24. The highest BCUT2D eigenvalue weighted by Crippen LogP contribution is 2.23. The molecule has 0 aliphatic heterocycles. The largest absolute Gasteiger partial charge is 0.394 e. The first-order valence-electron chi connectivity index (χ1n) is 5.69. The van der Waals surface area contributed by atoms with Crippen LogP contribution >= 0.6 is 0 Å². The van der Waals surface area contributed by atoms with E-state index >= 15 is 0 Å². The van der Waals surface area contributed by atoms with E-state index in [-0.39, 0.29) is 12.1 Å². The number of rotatable bonds is 7. The fourth-order valence-electron chi connectivity index (χ4n) is 1.84. The molecule has 16 heavy (non-hydrogen) atoms. The lowest BCUT2D eigenvalue weighted by atomic mass is 9.88. The Morgan fingerprint density at radius 1 is 1.31 bits per heavy atom. The van der Waals surface area contributed by atoms with Crippen molar-refractivity contribution in [2.24, 2.45) is 0 Å². The maximum absolute atomic E-state index is 9.63. The van der Waals surface area contributed by atoms with Crippen LogP contribution in [0.5, 0.6) is 0 Å². The summed E-state index contributed by atoms with van der Waals surface area (Å²) in [6.45, 7) is 3.55. The average molecular weight is 223 g/mol. The van der Waals surface area contributed by atoms with E-state index in [1.807, 2.05) is 30.3 Å². The molecule has 3 heteroatoms. The second kappa shape index (κ2) is 6.63. The van der Waals surface area contributed by atoms with Gasteiger partial charge in [0.25, 0.3) is 0 Å². The SMILES string of the molecule is CC[C@@](CO)(NCCOC)c1ccccc1. The van der Waals surface area contributed by atoms with Gasteiger partial charge in [-0.3, -0.25) is 0 Å². The number of hydrogen-bond donors (Lipinski definition) is 2. The maximum atomic E-state index is 9.63. The van der Waals surface area contributed by atoms with Crippen molar-refractivity contribution in [3.8, 4) is 0 Å². The van der Waals surface area contributed by atoms with Crippen LogP contribution in [0.15, 0.2) is 30.3 Å². The molecule has 90 valence electrons. The molecule has 3 nitrogen and oxygen atoms in total. The fraction of sp³-hybridized carbons (Fsp3) is 0.538. The lowest BCUT2D eigenvalue weighted by Crippen LogP contribution is -2.46. The van der Waals surface area contributed by atoms with Crippen molar-refractivity contribution < 1.29 is 9.84 Å². The average Bonchev–Trinajstić information content (AvgIpc) is 2.36. The Kier molecular flexibility index (Phi) is 5.46. The summed E-state index contributed by atoms with van der Waals surface area (Å²) < 4.78 is 5.02. The van der Waals surface area contributed by atoms with Gasteiger partial charge >= 0.3 is 0 Å². The third-order valence-corrected chi connectivity index (χ3v) is 2.97. The highest BCUT2D eigenvalue weighted by Gasteiger charge is 2.28. The predicted octanol–water partition coefficient (Wildman–Crippen LogP) is 1.52. The van der Waals surface area contributed by atoms with Crippen LogP contribution in [0.1, 0.15) is 18.9 Å². The number of ether oxygens (including phenoxy) is 1. The van der Waals surface area contributed by atoms with Crippen LogP contribution in [-0.2, 0) is 10.3 Å². The Bertz CT molecular complexity index is 283. The molecule has 0 fully saturated rings. The molecule has 0 saturated heterocycles. The molecule has 1 aromatic carbocycles. The molecular formula is C13H21NO2. The van der Waals surface area contributed by atoms with Gasteiger partial charge in [-0.15, -0.1) is 0 Å². The molecule has 0 amide bonds. The van der Waals surface area contributed by atoms with Gasteiger partial charge in [-0.1, -0.05) is 37.3 Å². The van der Waals surface area contributed by atoms with Crippen molar-refractivity contribution in [3.63, 3.8) is 0 Å². The van der Waals surface area contributed by atoms with Crippen LogP contribution < -0.4 is 5.32 Å².